The minimum Gasteiger partial charge on any atom is -0.354 e. The van der Waals surface area contributed by atoms with Crippen LogP contribution in [0.2, 0.25) is 0 Å². The quantitative estimate of drug-likeness (QED) is 0.345. The number of piperidine rings is 1. The van der Waals surface area contributed by atoms with Crippen molar-refractivity contribution < 1.29 is 0 Å². The van der Waals surface area contributed by atoms with E-state index in [1.807, 2.05) is 23.8 Å². The molecule has 0 atom stereocenters. The van der Waals surface area contributed by atoms with Crippen molar-refractivity contribution >= 4 is 16.6 Å². The number of pyridine rings is 1. The Morgan fingerprint density at radius 2 is 1.86 bits per heavy atom. The summed E-state index contributed by atoms with van der Waals surface area (Å²) < 4.78 is 1.86. The first kappa shape index (κ1) is 22.9. The van der Waals surface area contributed by atoms with Gasteiger partial charge in [0, 0.05) is 41.6 Å². The van der Waals surface area contributed by atoms with Crippen LogP contribution in [-0.2, 0) is 6.54 Å². The SMILES string of the molecule is Cc1cnc(CN2CCC(c3ccc4[nH]c(-c5cn6ncnc6cc5C)c(C(C)C)c4c3)CC2)cn1. The van der Waals surface area contributed by atoms with Crippen LogP contribution in [-0.4, -0.2) is 47.5 Å². The Morgan fingerprint density at radius 1 is 1.03 bits per heavy atom. The number of hydrogen-bond acceptors (Lipinski definition) is 5. The monoisotopic (exact) mass is 479 g/mol. The minimum absolute atomic E-state index is 0.396. The Morgan fingerprint density at radius 3 is 2.61 bits per heavy atom. The topological polar surface area (TPSA) is 75.0 Å². The third kappa shape index (κ3) is 4.17. The number of fused-ring (bicyclic) bond motifs is 2. The van der Waals surface area contributed by atoms with Crippen LogP contribution in [0.15, 0.2) is 49.2 Å². The van der Waals surface area contributed by atoms with Crippen LogP contribution in [0.25, 0.3) is 27.8 Å². The van der Waals surface area contributed by atoms with Crippen LogP contribution < -0.4 is 0 Å². The molecule has 7 nitrogen and oxygen atoms in total. The zero-order valence-electron chi connectivity index (χ0n) is 21.5. The molecular weight excluding hydrogens is 446 g/mol. The van der Waals surface area contributed by atoms with Gasteiger partial charge in [-0.25, -0.2) is 9.50 Å². The lowest BCUT2D eigenvalue weighted by molar-refractivity contribution is 0.202. The number of aromatic nitrogens is 6. The van der Waals surface area contributed by atoms with Gasteiger partial charge in [0.15, 0.2) is 5.65 Å². The molecule has 1 fully saturated rings. The fourth-order valence-electron chi connectivity index (χ4n) is 5.67. The lowest BCUT2D eigenvalue weighted by atomic mass is 9.87. The molecule has 1 saturated heterocycles. The van der Waals surface area contributed by atoms with Crippen molar-refractivity contribution in [2.75, 3.05) is 13.1 Å². The maximum Gasteiger partial charge on any atom is 0.155 e. The van der Waals surface area contributed by atoms with Crippen molar-refractivity contribution in [2.24, 2.45) is 0 Å². The Hall–Kier alpha value is -3.58. The number of likely N-dealkylation sites (tertiary alicyclic amines) is 1. The first-order valence-corrected chi connectivity index (χ1v) is 12.9. The maximum absolute atomic E-state index is 4.54. The summed E-state index contributed by atoms with van der Waals surface area (Å²) in [6.45, 7) is 11.8. The predicted octanol–water partition coefficient (Wildman–Crippen LogP) is 5.79. The highest BCUT2D eigenvalue weighted by atomic mass is 15.3. The van der Waals surface area contributed by atoms with Crippen molar-refractivity contribution in [1.82, 2.24) is 34.4 Å². The largest absolute Gasteiger partial charge is 0.354 e. The molecule has 0 unspecified atom stereocenters. The summed E-state index contributed by atoms with van der Waals surface area (Å²) in [5, 5.41) is 5.71. The van der Waals surface area contributed by atoms with Gasteiger partial charge in [-0.15, -0.1) is 0 Å². The van der Waals surface area contributed by atoms with Crippen LogP contribution in [0.5, 0.6) is 0 Å². The molecule has 184 valence electrons. The van der Waals surface area contributed by atoms with Crippen molar-refractivity contribution in [3.8, 4) is 11.3 Å². The van der Waals surface area contributed by atoms with Gasteiger partial charge < -0.3 is 4.98 Å². The first-order chi connectivity index (χ1) is 17.5. The van der Waals surface area contributed by atoms with Gasteiger partial charge in [0.25, 0.3) is 0 Å². The summed E-state index contributed by atoms with van der Waals surface area (Å²) in [6.07, 6.45) is 9.82. The van der Waals surface area contributed by atoms with Crippen LogP contribution in [0.4, 0.5) is 0 Å². The minimum atomic E-state index is 0.396. The van der Waals surface area contributed by atoms with Crippen LogP contribution in [0.1, 0.15) is 66.6 Å². The smallest absolute Gasteiger partial charge is 0.155 e. The Kier molecular flexibility index (Phi) is 5.80. The average Bonchev–Trinajstić information content (AvgIpc) is 3.48. The van der Waals surface area contributed by atoms with Crippen molar-refractivity contribution in [1.29, 1.82) is 0 Å². The van der Waals surface area contributed by atoms with Crippen molar-refractivity contribution in [3.05, 3.63) is 77.3 Å². The molecule has 4 aromatic heterocycles. The molecule has 0 radical (unpaired) electrons. The zero-order chi connectivity index (χ0) is 24.8. The van der Waals surface area contributed by atoms with Gasteiger partial charge in [-0.3, -0.25) is 14.9 Å². The van der Waals surface area contributed by atoms with E-state index < -0.39 is 0 Å². The molecule has 1 aromatic carbocycles. The summed E-state index contributed by atoms with van der Waals surface area (Å²) in [4.78, 5) is 19.5. The van der Waals surface area contributed by atoms with Gasteiger partial charge in [-0.05, 0) is 86.5 Å². The van der Waals surface area contributed by atoms with Crippen LogP contribution >= 0.6 is 0 Å². The molecule has 0 amide bonds. The van der Waals surface area contributed by atoms with E-state index in [1.165, 1.54) is 51.7 Å². The molecule has 36 heavy (non-hydrogen) atoms. The molecule has 5 aromatic rings. The molecule has 0 saturated carbocycles. The fraction of sp³-hybridized carbons (Fsp3) is 0.379. The molecule has 1 aliphatic rings. The highest BCUT2D eigenvalue weighted by Crippen LogP contribution is 2.39. The number of hydrogen-bond donors (Lipinski definition) is 1. The summed E-state index contributed by atoms with van der Waals surface area (Å²) >= 11 is 0. The molecule has 0 spiro atoms. The van der Waals surface area contributed by atoms with Crippen LogP contribution in [0.3, 0.4) is 0 Å². The lowest BCUT2D eigenvalue weighted by Gasteiger charge is -2.32. The predicted molar refractivity (Wildman–Crippen MR) is 143 cm³/mol. The molecule has 0 bridgehead atoms. The number of H-pyrrole nitrogens is 1. The molecule has 7 heteroatoms. The summed E-state index contributed by atoms with van der Waals surface area (Å²) in [7, 11) is 0. The molecule has 1 N–H and O–H groups in total. The lowest BCUT2D eigenvalue weighted by Crippen LogP contribution is -2.32. The van der Waals surface area contributed by atoms with Crippen molar-refractivity contribution in [3.63, 3.8) is 0 Å². The molecular formula is C29H33N7. The summed E-state index contributed by atoms with van der Waals surface area (Å²) in [5.41, 5.74) is 10.5. The molecule has 0 aliphatic carbocycles. The third-order valence-electron chi connectivity index (χ3n) is 7.61. The van der Waals surface area contributed by atoms with E-state index >= 15 is 0 Å². The number of nitrogens with zero attached hydrogens (tertiary/aromatic N) is 6. The molecule has 6 rings (SSSR count). The number of rotatable bonds is 5. The number of aryl methyl sites for hydroxylation is 2. The summed E-state index contributed by atoms with van der Waals surface area (Å²) in [5.74, 6) is 0.980. The van der Waals surface area contributed by atoms with Gasteiger partial charge in [-0.2, -0.15) is 5.10 Å². The highest BCUT2D eigenvalue weighted by molar-refractivity contribution is 5.92. The second kappa shape index (κ2) is 9.13. The van der Waals surface area contributed by atoms with E-state index in [4.69, 9.17) is 0 Å². The molecule has 1 aliphatic heterocycles. The van der Waals surface area contributed by atoms with Gasteiger partial charge in [-0.1, -0.05) is 19.9 Å². The van der Waals surface area contributed by atoms with Gasteiger partial charge in [0.2, 0.25) is 0 Å². The van der Waals surface area contributed by atoms with Crippen molar-refractivity contribution in [2.45, 2.75) is 58.9 Å². The molecule has 5 heterocycles. The fourth-order valence-corrected chi connectivity index (χ4v) is 5.67. The second-order valence-electron chi connectivity index (χ2n) is 10.5. The van der Waals surface area contributed by atoms with Gasteiger partial charge in [0.05, 0.1) is 17.1 Å². The zero-order valence-corrected chi connectivity index (χ0v) is 21.5. The average molecular weight is 480 g/mol. The van der Waals surface area contributed by atoms with E-state index in [0.29, 0.717) is 11.8 Å². The second-order valence-corrected chi connectivity index (χ2v) is 10.5. The maximum atomic E-state index is 4.54. The summed E-state index contributed by atoms with van der Waals surface area (Å²) in [6, 6.07) is 9.16. The van der Waals surface area contributed by atoms with E-state index in [0.717, 1.165) is 36.7 Å². The van der Waals surface area contributed by atoms with Crippen LogP contribution in [0, 0.1) is 13.8 Å². The normalized spacial score (nSPS) is 15.5. The first-order valence-electron chi connectivity index (χ1n) is 12.9. The number of nitrogens with one attached hydrogen (secondary N) is 1. The third-order valence-corrected chi connectivity index (χ3v) is 7.61. The van der Waals surface area contributed by atoms with E-state index in [9.17, 15) is 0 Å². The van der Waals surface area contributed by atoms with E-state index in [1.54, 1.807) is 6.33 Å². The number of aromatic amines is 1. The Balaban J connectivity index is 1.28. The Bertz CT molecular complexity index is 1520. The standard InChI is InChI=1S/C29H33N7/c1-18(2)28-24-12-22(21-7-9-35(10-8-21)15-23-14-30-20(4)13-31-23)5-6-26(24)34-29(28)25-16-36-27(11-19(25)3)32-17-33-36/h5-6,11-14,16-18,21,34H,7-10,15H2,1-4H3. The Labute approximate surface area is 211 Å². The highest BCUT2D eigenvalue weighted by Gasteiger charge is 2.23. The van der Waals surface area contributed by atoms with Gasteiger partial charge in [0.1, 0.15) is 6.33 Å². The van der Waals surface area contributed by atoms with E-state index in [-0.39, 0.29) is 0 Å². The number of benzene rings is 1. The van der Waals surface area contributed by atoms with Gasteiger partial charge >= 0.3 is 0 Å². The van der Waals surface area contributed by atoms with E-state index in [2.05, 4.69) is 81.2 Å².